The molecule has 0 spiro atoms. The van der Waals surface area contributed by atoms with Gasteiger partial charge in [-0.25, -0.2) is 4.98 Å². The van der Waals surface area contributed by atoms with Crippen LogP contribution in [0, 0.1) is 0 Å². The molecule has 1 aromatic heterocycles. The maximum atomic E-state index is 12.5. The molecule has 0 radical (unpaired) electrons. The zero-order chi connectivity index (χ0) is 20.1. The number of carbonyl (C=O) groups excluding carboxylic acids is 2. The highest BCUT2D eigenvalue weighted by Gasteiger charge is 2.20. The Hall–Kier alpha value is -3.41. The van der Waals surface area contributed by atoms with E-state index in [0.29, 0.717) is 25.1 Å². The van der Waals surface area contributed by atoms with Crippen LogP contribution in [0.4, 0.5) is 0 Å². The molecule has 1 fully saturated rings. The molecule has 6 heteroatoms. The third-order valence-electron chi connectivity index (χ3n) is 5.13. The fourth-order valence-electron chi connectivity index (χ4n) is 3.54. The molecule has 1 N–H and O–H groups in total. The summed E-state index contributed by atoms with van der Waals surface area (Å²) in [6, 6.07) is 15.7. The van der Waals surface area contributed by atoms with Crippen LogP contribution in [0.2, 0.25) is 0 Å². The van der Waals surface area contributed by atoms with Gasteiger partial charge in [0.2, 0.25) is 5.91 Å². The summed E-state index contributed by atoms with van der Waals surface area (Å²) in [5.74, 6) is 0.0819. The summed E-state index contributed by atoms with van der Waals surface area (Å²) in [5.41, 5.74) is 3.83. The number of aromatic nitrogens is 2. The highest BCUT2D eigenvalue weighted by atomic mass is 16.2. The molecule has 1 aliphatic heterocycles. The van der Waals surface area contributed by atoms with Crippen molar-refractivity contribution in [2.24, 2.45) is 0 Å². The van der Waals surface area contributed by atoms with Crippen LogP contribution in [0.15, 0.2) is 67.3 Å². The standard InChI is InChI=1S/C23H24N4O2/c28-22-5-2-11-27(22)16-20-3-1-4-21(13-20)23(29)25-14-18-6-8-19(9-7-18)15-26-12-10-24-17-26/h1,3-4,6-10,12-13,17H,2,5,11,14-16H2,(H,25,29). The van der Waals surface area contributed by atoms with Crippen LogP contribution in [0.25, 0.3) is 0 Å². The summed E-state index contributed by atoms with van der Waals surface area (Å²) in [7, 11) is 0. The van der Waals surface area contributed by atoms with Gasteiger partial charge >= 0.3 is 0 Å². The first-order chi connectivity index (χ1) is 14.2. The number of hydrogen-bond donors (Lipinski definition) is 1. The molecule has 0 saturated carbocycles. The van der Waals surface area contributed by atoms with E-state index >= 15 is 0 Å². The Morgan fingerprint density at radius 1 is 1.03 bits per heavy atom. The molecule has 2 heterocycles. The average Bonchev–Trinajstić information content (AvgIpc) is 3.39. The molecular weight excluding hydrogens is 364 g/mol. The van der Waals surface area contributed by atoms with E-state index in [4.69, 9.17) is 0 Å². The number of hydrogen-bond acceptors (Lipinski definition) is 3. The summed E-state index contributed by atoms with van der Waals surface area (Å²) in [4.78, 5) is 30.3. The van der Waals surface area contributed by atoms with E-state index in [0.717, 1.165) is 30.6 Å². The Balaban J connectivity index is 1.32. The molecule has 4 rings (SSSR count). The molecular formula is C23H24N4O2. The average molecular weight is 388 g/mol. The molecule has 0 atom stereocenters. The summed E-state index contributed by atoms with van der Waals surface area (Å²) in [5, 5.41) is 2.98. The van der Waals surface area contributed by atoms with Crippen LogP contribution in [-0.2, 0) is 24.4 Å². The third kappa shape index (κ3) is 4.90. The van der Waals surface area contributed by atoms with Crippen molar-refractivity contribution < 1.29 is 9.59 Å². The van der Waals surface area contributed by atoms with Gasteiger partial charge in [0.25, 0.3) is 5.91 Å². The first-order valence-electron chi connectivity index (χ1n) is 9.86. The predicted molar refractivity (Wildman–Crippen MR) is 110 cm³/mol. The lowest BCUT2D eigenvalue weighted by Gasteiger charge is -2.16. The van der Waals surface area contributed by atoms with E-state index in [1.807, 2.05) is 46.0 Å². The van der Waals surface area contributed by atoms with E-state index < -0.39 is 0 Å². The minimum Gasteiger partial charge on any atom is -0.348 e. The van der Waals surface area contributed by atoms with Gasteiger partial charge in [0, 0.05) is 50.6 Å². The van der Waals surface area contributed by atoms with E-state index in [2.05, 4.69) is 22.4 Å². The SMILES string of the molecule is O=C(NCc1ccc(Cn2ccnc2)cc1)c1cccc(CN2CCCC2=O)c1. The van der Waals surface area contributed by atoms with Gasteiger partial charge in [-0.05, 0) is 35.2 Å². The number of likely N-dealkylation sites (tertiary alicyclic amines) is 1. The Morgan fingerprint density at radius 3 is 2.59 bits per heavy atom. The van der Waals surface area contributed by atoms with Crippen LogP contribution in [0.5, 0.6) is 0 Å². The number of carbonyl (C=O) groups is 2. The van der Waals surface area contributed by atoms with Crippen LogP contribution in [-0.4, -0.2) is 32.8 Å². The summed E-state index contributed by atoms with van der Waals surface area (Å²) in [6.45, 7) is 2.61. The summed E-state index contributed by atoms with van der Waals surface area (Å²) >= 11 is 0. The van der Waals surface area contributed by atoms with Crippen LogP contribution in [0.1, 0.15) is 39.9 Å². The molecule has 1 saturated heterocycles. The molecule has 148 valence electrons. The number of imidazole rings is 1. The van der Waals surface area contributed by atoms with Gasteiger partial charge in [-0.2, -0.15) is 0 Å². The first-order valence-corrected chi connectivity index (χ1v) is 9.86. The minimum absolute atomic E-state index is 0.109. The van der Waals surface area contributed by atoms with Gasteiger partial charge in [0.05, 0.1) is 6.33 Å². The molecule has 0 unspecified atom stereocenters. The number of benzene rings is 2. The van der Waals surface area contributed by atoms with Crippen molar-refractivity contribution in [3.63, 3.8) is 0 Å². The largest absolute Gasteiger partial charge is 0.348 e. The van der Waals surface area contributed by atoms with Crippen molar-refractivity contribution in [3.05, 3.63) is 89.5 Å². The zero-order valence-electron chi connectivity index (χ0n) is 16.3. The quantitative estimate of drug-likeness (QED) is 0.677. The Labute approximate surface area is 170 Å². The van der Waals surface area contributed by atoms with Crippen molar-refractivity contribution in [1.82, 2.24) is 19.8 Å². The van der Waals surface area contributed by atoms with Crippen molar-refractivity contribution in [3.8, 4) is 0 Å². The number of amides is 2. The molecule has 0 bridgehead atoms. The van der Waals surface area contributed by atoms with Gasteiger partial charge in [-0.3, -0.25) is 9.59 Å². The number of rotatable bonds is 7. The number of nitrogens with one attached hydrogen (secondary N) is 1. The van der Waals surface area contributed by atoms with Crippen molar-refractivity contribution >= 4 is 11.8 Å². The molecule has 0 aliphatic carbocycles. The van der Waals surface area contributed by atoms with Gasteiger partial charge in [-0.15, -0.1) is 0 Å². The summed E-state index contributed by atoms with van der Waals surface area (Å²) in [6.07, 6.45) is 7.03. The zero-order valence-corrected chi connectivity index (χ0v) is 16.3. The summed E-state index contributed by atoms with van der Waals surface area (Å²) < 4.78 is 2.01. The van der Waals surface area contributed by atoms with Crippen molar-refractivity contribution in [2.75, 3.05) is 6.54 Å². The van der Waals surface area contributed by atoms with Crippen molar-refractivity contribution in [2.45, 2.75) is 32.5 Å². The lowest BCUT2D eigenvalue weighted by Crippen LogP contribution is -2.25. The molecule has 2 aromatic carbocycles. The molecule has 1 aliphatic rings. The van der Waals surface area contributed by atoms with Gasteiger partial charge in [0.15, 0.2) is 0 Å². The molecule has 6 nitrogen and oxygen atoms in total. The first kappa shape index (κ1) is 18.9. The van der Waals surface area contributed by atoms with E-state index in [1.165, 1.54) is 5.56 Å². The molecule has 2 amide bonds. The maximum Gasteiger partial charge on any atom is 0.251 e. The van der Waals surface area contributed by atoms with Gasteiger partial charge < -0.3 is 14.8 Å². The van der Waals surface area contributed by atoms with Crippen LogP contribution in [0.3, 0.4) is 0 Å². The van der Waals surface area contributed by atoms with E-state index in [-0.39, 0.29) is 11.8 Å². The fraction of sp³-hybridized carbons (Fsp3) is 0.261. The smallest absolute Gasteiger partial charge is 0.251 e. The molecule has 29 heavy (non-hydrogen) atoms. The maximum absolute atomic E-state index is 12.5. The Morgan fingerprint density at radius 2 is 1.86 bits per heavy atom. The van der Waals surface area contributed by atoms with Crippen LogP contribution < -0.4 is 5.32 Å². The normalized spacial score (nSPS) is 13.7. The third-order valence-corrected chi connectivity index (χ3v) is 5.13. The van der Waals surface area contributed by atoms with Gasteiger partial charge in [-0.1, -0.05) is 36.4 Å². The predicted octanol–water partition coefficient (Wildman–Crippen LogP) is 2.98. The van der Waals surface area contributed by atoms with E-state index in [9.17, 15) is 9.59 Å². The lowest BCUT2D eigenvalue weighted by atomic mass is 10.1. The number of nitrogens with zero attached hydrogens (tertiary/aromatic N) is 3. The molecule has 3 aromatic rings. The fourth-order valence-corrected chi connectivity index (χ4v) is 3.54. The second kappa shape index (κ2) is 8.73. The second-order valence-corrected chi connectivity index (χ2v) is 7.35. The monoisotopic (exact) mass is 388 g/mol. The Kier molecular flexibility index (Phi) is 5.70. The highest BCUT2D eigenvalue weighted by Crippen LogP contribution is 2.15. The highest BCUT2D eigenvalue weighted by molar-refractivity contribution is 5.94. The second-order valence-electron chi connectivity index (χ2n) is 7.35. The topological polar surface area (TPSA) is 67.2 Å². The van der Waals surface area contributed by atoms with E-state index in [1.54, 1.807) is 18.6 Å². The van der Waals surface area contributed by atoms with Gasteiger partial charge in [0.1, 0.15) is 0 Å². The van der Waals surface area contributed by atoms with Crippen LogP contribution >= 0.6 is 0 Å². The Bertz CT molecular complexity index is 980. The lowest BCUT2D eigenvalue weighted by molar-refractivity contribution is -0.128. The minimum atomic E-state index is -0.109. The van der Waals surface area contributed by atoms with Crippen molar-refractivity contribution in [1.29, 1.82) is 0 Å².